The van der Waals surface area contributed by atoms with E-state index in [9.17, 15) is 5.11 Å². The number of rotatable bonds is 7. The van der Waals surface area contributed by atoms with E-state index in [-0.39, 0.29) is 5.92 Å². The van der Waals surface area contributed by atoms with Gasteiger partial charge in [0.1, 0.15) is 6.54 Å². The SMILES string of the molecule is O[C@](c1ccccc1)(c1ncc(C[N+]23CCC(CC2)C(SC2CCCCC2)C3)o1)C1CCCCC1. The number of aliphatic hydroxyl groups is 1. The van der Waals surface area contributed by atoms with Crippen LogP contribution in [0.5, 0.6) is 0 Å². The Morgan fingerprint density at radius 1 is 0.914 bits per heavy atom. The van der Waals surface area contributed by atoms with Crippen molar-refractivity contribution in [1.29, 1.82) is 0 Å². The molecule has 2 saturated carbocycles. The van der Waals surface area contributed by atoms with E-state index in [1.807, 2.05) is 36.5 Å². The van der Waals surface area contributed by atoms with Gasteiger partial charge in [-0.2, -0.15) is 0 Å². The molecule has 4 heterocycles. The molecule has 1 N–H and O–H groups in total. The predicted molar refractivity (Wildman–Crippen MR) is 142 cm³/mol. The van der Waals surface area contributed by atoms with Crippen LogP contribution < -0.4 is 0 Å². The van der Waals surface area contributed by atoms with Crippen molar-refractivity contribution in [2.24, 2.45) is 11.8 Å². The van der Waals surface area contributed by atoms with Crippen LogP contribution in [0.25, 0.3) is 0 Å². The van der Waals surface area contributed by atoms with Crippen LogP contribution in [0, 0.1) is 11.8 Å². The third-order valence-corrected chi connectivity index (χ3v) is 11.5. The summed E-state index contributed by atoms with van der Waals surface area (Å²) in [7, 11) is 0. The molecule has 3 aliphatic heterocycles. The highest BCUT2D eigenvalue weighted by molar-refractivity contribution is 8.00. The van der Waals surface area contributed by atoms with Crippen LogP contribution in [0.2, 0.25) is 0 Å². The summed E-state index contributed by atoms with van der Waals surface area (Å²) in [6, 6.07) is 10.1. The number of benzene rings is 1. The maximum Gasteiger partial charge on any atom is 0.231 e. The molecular formula is C30H43N2O2S+. The van der Waals surface area contributed by atoms with Crippen LogP contribution in [-0.2, 0) is 12.1 Å². The largest absolute Gasteiger partial charge is 0.436 e. The summed E-state index contributed by atoms with van der Waals surface area (Å²) in [5.74, 6) is 2.57. The molecule has 2 aromatic rings. The zero-order valence-electron chi connectivity index (χ0n) is 21.2. The number of quaternary nitrogens is 1. The number of hydrogen-bond acceptors (Lipinski definition) is 4. The van der Waals surface area contributed by atoms with Crippen molar-refractivity contribution in [1.82, 2.24) is 4.98 Å². The van der Waals surface area contributed by atoms with Crippen molar-refractivity contribution in [3.8, 4) is 0 Å². The van der Waals surface area contributed by atoms with Gasteiger partial charge in [0.15, 0.2) is 11.4 Å². The number of hydrogen-bond donors (Lipinski definition) is 1. The minimum absolute atomic E-state index is 0.166. The molecule has 5 heteroatoms. The number of thioether (sulfide) groups is 1. The van der Waals surface area contributed by atoms with E-state index in [1.54, 1.807) is 0 Å². The second kappa shape index (κ2) is 10.2. The van der Waals surface area contributed by atoms with Crippen LogP contribution in [0.15, 0.2) is 40.9 Å². The standard InChI is InChI=1S/C30H43N2O2S/c33-30(24-10-4-1-5-11-24,25-12-6-2-7-13-25)29-31-20-26(34-29)21-32-18-16-23(17-19-32)28(22-32)35-27-14-8-3-9-15-27/h1,4-5,10-11,20,23,25,27-28,33H,2-3,6-9,12-19,21-22H2/q+1/t23?,28?,30-,32?/m0/s1. The van der Waals surface area contributed by atoms with Gasteiger partial charge in [0.2, 0.25) is 5.89 Å². The molecule has 35 heavy (non-hydrogen) atoms. The first kappa shape index (κ1) is 24.1. The third-order valence-electron chi connectivity index (χ3n) is 9.74. The lowest BCUT2D eigenvalue weighted by molar-refractivity contribution is -0.954. The van der Waals surface area contributed by atoms with Crippen LogP contribution in [-0.4, -0.2) is 44.7 Å². The molecule has 1 aromatic heterocycles. The number of oxazole rings is 1. The number of fused-ring (bicyclic) bond motifs is 3. The Bertz CT molecular complexity index is 958. The van der Waals surface area contributed by atoms with Crippen molar-refractivity contribution in [3.63, 3.8) is 0 Å². The van der Waals surface area contributed by atoms with Gasteiger partial charge in [-0.05, 0) is 37.2 Å². The van der Waals surface area contributed by atoms with Gasteiger partial charge in [-0.1, -0.05) is 68.9 Å². The zero-order chi connectivity index (χ0) is 23.7. The van der Waals surface area contributed by atoms with E-state index in [4.69, 9.17) is 9.40 Å². The summed E-state index contributed by atoms with van der Waals surface area (Å²) in [4.78, 5) is 4.76. The lowest BCUT2D eigenvalue weighted by atomic mass is 9.73. The topological polar surface area (TPSA) is 46.3 Å². The summed E-state index contributed by atoms with van der Waals surface area (Å²) in [5.41, 5.74) is -0.205. The second-order valence-electron chi connectivity index (χ2n) is 12.0. The van der Waals surface area contributed by atoms with E-state index >= 15 is 0 Å². The molecule has 7 rings (SSSR count). The summed E-state index contributed by atoms with van der Waals surface area (Å²) >= 11 is 2.34. The first-order chi connectivity index (χ1) is 17.1. The molecule has 0 amide bonds. The van der Waals surface area contributed by atoms with Gasteiger partial charge < -0.3 is 14.0 Å². The quantitative estimate of drug-likeness (QED) is 0.436. The van der Waals surface area contributed by atoms with Crippen molar-refractivity contribution >= 4 is 11.8 Å². The van der Waals surface area contributed by atoms with Crippen molar-refractivity contribution in [2.45, 2.75) is 99.7 Å². The fourth-order valence-electron chi connectivity index (χ4n) is 7.68. The molecule has 1 aromatic carbocycles. The van der Waals surface area contributed by atoms with Gasteiger partial charge in [-0.15, -0.1) is 11.8 Å². The van der Waals surface area contributed by atoms with Crippen LogP contribution in [0.4, 0.5) is 0 Å². The molecule has 5 aliphatic rings. The Labute approximate surface area is 215 Å². The highest BCUT2D eigenvalue weighted by Gasteiger charge is 2.48. The van der Waals surface area contributed by atoms with Crippen molar-refractivity contribution in [2.75, 3.05) is 19.6 Å². The second-order valence-corrected chi connectivity index (χ2v) is 13.5. The summed E-state index contributed by atoms with van der Waals surface area (Å²) in [5, 5.41) is 13.9. The average Bonchev–Trinajstić information content (AvgIpc) is 3.39. The lowest BCUT2D eigenvalue weighted by Crippen LogP contribution is -2.62. The minimum atomic E-state index is -1.13. The van der Waals surface area contributed by atoms with E-state index in [0.29, 0.717) is 5.89 Å². The average molecular weight is 496 g/mol. The van der Waals surface area contributed by atoms with E-state index in [0.717, 1.165) is 51.6 Å². The van der Waals surface area contributed by atoms with Gasteiger partial charge in [-0.25, -0.2) is 4.98 Å². The Hall–Kier alpha value is -1.30. The van der Waals surface area contributed by atoms with Gasteiger partial charge in [0.25, 0.3) is 0 Å². The fraction of sp³-hybridized carbons (Fsp3) is 0.700. The van der Waals surface area contributed by atoms with Gasteiger partial charge in [0, 0.05) is 24.0 Å². The Kier molecular flexibility index (Phi) is 7.03. The van der Waals surface area contributed by atoms with Crippen LogP contribution in [0.3, 0.4) is 0 Å². The molecule has 1 unspecified atom stereocenters. The molecule has 0 spiro atoms. The molecule has 190 valence electrons. The first-order valence-corrected chi connectivity index (χ1v) is 15.3. The number of aromatic nitrogens is 1. The Morgan fingerprint density at radius 2 is 1.60 bits per heavy atom. The van der Waals surface area contributed by atoms with Gasteiger partial charge in [-0.3, -0.25) is 0 Å². The third kappa shape index (κ3) is 4.85. The monoisotopic (exact) mass is 495 g/mol. The highest BCUT2D eigenvalue weighted by Crippen LogP contribution is 2.46. The van der Waals surface area contributed by atoms with E-state index in [1.165, 1.54) is 83.8 Å². The minimum Gasteiger partial charge on any atom is -0.436 e. The summed E-state index contributed by atoms with van der Waals surface area (Å²) in [6.07, 6.45) is 17.5. The van der Waals surface area contributed by atoms with E-state index in [2.05, 4.69) is 11.8 Å². The lowest BCUT2D eigenvalue weighted by Gasteiger charge is -2.52. The van der Waals surface area contributed by atoms with Gasteiger partial charge >= 0.3 is 0 Å². The van der Waals surface area contributed by atoms with Crippen LogP contribution >= 0.6 is 11.8 Å². The van der Waals surface area contributed by atoms with Crippen molar-refractivity contribution < 1.29 is 14.0 Å². The summed E-state index contributed by atoms with van der Waals surface area (Å²) in [6.45, 7) is 4.76. The number of nitrogens with zero attached hydrogens (tertiary/aromatic N) is 2. The Morgan fingerprint density at radius 3 is 2.31 bits per heavy atom. The van der Waals surface area contributed by atoms with Crippen molar-refractivity contribution in [3.05, 3.63) is 53.7 Å². The molecule has 4 nitrogen and oxygen atoms in total. The van der Waals surface area contributed by atoms with E-state index < -0.39 is 5.60 Å². The molecule has 0 radical (unpaired) electrons. The Balaban J connectivity index is 1.21. The smallest absolute Gasteiger partial charge is 0.231 e. The van der Waals surface area contributed by atoms with Gasteiger partial charge in [0.05, 0.1) is 31.1 Å². The molecule has 2 bridgehead atoms. The molecule has 2 atom stereocenters. The first-order valence-electron chi connectivity index (χ1n) is 14.4. The molecule has 3 saturated heterocycles. The normalized spacial score (nSPS) is 31.9. The summed E-state index contributed by atoms with van der Waals surface area (Å²) < 4.78 is 7.66. The predicted octanol–water partition coefficient (Wildman–Crippen LogP) is 6.67. The molecule has 5 fully saturated rings. The maximum absolute atomic E-state index is 12.2. The molecule has 2 aliphatic carbocycles. The van der Waals surface area contributed by atoms with Crippen LogP contribution in [0.1, 0.15) is 94.3 Å². The molecular weight excluding hydrogens is 452 g/mol. The zero-order valence-corrected chi connectivity index (χ0v) is 22.1. The number of piperidine rings is 3. The maximum atomic E-state index is 12.2. The highest BCUT2D eigenvalue weighted by atomic mass is 32.2. The fourth-order valence-corrected chi connectivity index (χ4v) is 9.68.